The fraction of sp³-hybridized carbons (Fsp3) is 0.815. The molecule has 2 fully saturated rings. The second kappa shape index (κ2) is 10.9. The fourth-order valence-electron chi connectivity index (χ4n) is 4.59. The molecule has 0 bridgehead atoms. The van der Waals surface area contributed by atoms with Crippen molar-refractivity contribution in [2.75, 3.05) is 13.1 Å². The molecule has 1 aliphatic carbocycles. The average Bonchev–Trinajstić information content (AvgIpc) is 2.72. The number of carbonyl (C=O) groups is 1. The van der Waals surface area contributed by atoms with Crippen LogP contribution in [0.25, 0.3) is 0 Å². The maximum Gasteiger partial charge on any atom is 0.410 e. The quantitative estimate of drug-likeness (QED) is 0.319. The molecule has 1 saturated carbocycles. The van der Waals surface area contributed by atoms with Crippen LogP contribution in [0.5, 0.6) is 0 Å². The number of allylic oxidation sites excluding steroid dienone is 3. The summed E-state index contributed by atoms with van der Waals surface area (Å²) in [6.07, 6.45) is 11.4. The standard InChI is InChI=1S/C27H47NO3/c1-9-20(3)22(5)19-24(21(4)10-2)30-23-11-13-27(14-12-23)15-17-28(18-16-27)25(29)31-26(6,7)8/h19-20,23H,9-18H2,1-8H3/b22-19-,24-21?. The number of hydrogen-bond acceptors (Lipinski definition) is 3. The van der Waals surface area contributed by atoms with E-state index in [9.17, 15) is 4.79 Å². The monoisotopic (exact) mass is 433 g/mol. The van der Waals surface area contributed by atoms with Crippen molar-refractivity contribution >= 4 is 6.09 Å². The first-order valence-corrected chi connectivity index (χ1v) is 12.5. The third-order valence-electron chi connectivity index (χ3n) is 7.46. The van der Waals surface area contributed by atoms with Crippen LogP contribution < -0.4 is 0 Å². The van der Waals surface area contributed by atoms with E-state index < -0.39 is 5.60 Å². The van der Waals surface area contributed by atoms with Crippen LogP contribution in [0.1, 0.15) is 107 Å². The number of carbonyl (C=O) groups excluding carboxylic acids is 1. The molecule has 0 aromatic carbocycles. The van der Waals surface area contributed by atoms with E-state index in [2.05, 4.69) is 40.7 Å². The van der Waals surface area contributed by atoms with E-state index in [1.54, 1.807) is 0 Å². The Balaban J connectivity index is 1.91. The highest BCUT2D eigenvalue weighted by Gasteiger charge is 2.40. The second-order valence-electron chi connectivity index (χ2n) is 11.0. The van der Waals surface area contributed by atoms with Gasteiger partial charge in [-0.3, -0.25) is 0 Å². The number of nitrogens with zero attached hydrogens (tertiary/aromatic N) is 1. The van der Waals surface area contributed by atoms with Crippen molar-refractivity contribution in [3.8, 4) is 0 Å². The van der Waals surface area contributed by atoms with Crippen LogP contribution in [0, 0.1) is 11.3 Å². The summed E-state index contributed by atoms with van der Waals surface area (Å²) in [7, 11) is 0. The molecule has 1 amide bonds. The number of hydrogen-bond donors (Lipinski definition) is 0. The molecule has 0 aromatic rings. The van der Waals surface area contributed by atoms with E-state index >= 15 is 0 Å². The Kier molecular flexibility index (Phi) is 9.09. The van der Waals surface area contributed by atoms with Crippen molar-refractivity contribution in [3.63, 3.8) is 0 Å². The lowest BCUT2D eigenvalue weighted by Gasteiger charge is -2.46. The molecule has 1 saturated heterocycles. The number of likely N-dealkylation sites (tertiary alicyclic amines) is 1. The van der Waals surface area contributed by atoms with Gasteiger partial charge in [0.05, 0.1) is 6.10 Å². The lowest BCUT2D eigenvalue weighted by molar-refractivity contribution is -0.0127. The first-order valence-electron chi connectivity index (χ1n) is 12.5. The molecule has 0 N–H and O–H groups in total. The van der Waals surface area contributed by atoms with Gasteiger partial charge < -0.3 is 14.4 Å². The van der Waals surface area contributed by atoms with E-state index in [1.165, 1.54) is 24.0 Å². The molecule has 0 aromatic heterocycles. The maximum atomic E-state index is 12.4. The van der Waals surface area contributed by atoms with Crippen molar-refractivity contribution in [2.24, 2.45) is 11.3 Å². The van der Waals surface area contributed by atoms with Crippen molar-refractivity contribution in [2.45, 2.75) is 118 Å². The first-order chi connectivity index (χ1) is 14.5. The van der Waals surface area contributed by atoms with Crippen LogP contribution in [0.2, 0.25) is 0 Å². The van der Waals surface area contributed by atoms with Gasteiger partial charge in [0.15, 0.2) is 0 Å². The summed E-state index contributed by atoms with van der Waals surface area (Å²) >= 11 is 0. The van der Waals surface area contributed by atoms with Crippen molar-refractivity contribution < 1.29 is 14.3 Å². The normalized spacial score (nSPS) is 22.2. The Bertz CT molecular complexity index is 652. The van der Waals surface area contributed by atoms with E-state index in [4.69, 9.17) is 9.47 Å². The van der Waals surface area contributed by atoms with E-state index in [1.807, 2.05) is 25.7 Å². The van der Waals surface area contributed by atoms with E-state index in [0.717, 1.165) is 57.4 Å². The summed E-state index contributed by atoms with van der Waals surface area (Å²) in [5, 5.41) is 0. The van der Waals surface area contributed by atoms with Crippen LogP contribution in [0.3, 0.4) is 0 Å². The van der Waals surface area contributed by atoms with E-state index in [-0.39, 0.29) is 6.09 Å². The SMILES string of the molecule is CCC(C)=C(/C=C(/C)C(C)CC)OC1CCC2(CC1)CCN(C(=O)OC(C)(C)C)CC2. The molecule has 1 atom stereocenters. The highest BCUT2D eigenvalue weighted by molar-refractivity contribution is 5.68. The van der Waals surface area contributed by atoms with Crippen molar-refractivity contribution in [1.29, 1.82) is 0 Å². The summed E-state index contributed by atoms with van der Waals surface area (Å²) in [4.78, 5) is 14.3. The lowest BCUT2D eigenvalue weighted by Crippen LogP contribution is -2.46. The molecule has 31 heavy (non-hydrogen) atoms. The molecule has 178 valence electrons. The molecule has 4 heteroatoms. The zero-order chi connectivity index (χ0) is 23.2. The third-order valence-corrected chi connectivity index (χ3v) is 7.46. The predicted octanol–water partition coefficient (Wildman–Crippen LogP) is 7.64. The number of rotatable bonds is 6. The number of ether oxygens (including phenoxy) is 2. The van der Waals surface area contributed by atoms with Gasteiger partial charge in [0.2, 0.25) is 0 Å². The average molecular weight is 434 g/mol. The van der Waals surface area contributed by atoms with Gasteiger partial charge in [-0.1, -0.05) is 26.3 Å². The number of piperidine rings is 1. The minimum atomic E-state index is -0.425. The van der Waals surface area contributed by atoms with Crippen LogP contribution in [0.4, 0.5) is 4.79 Å². The van der Waals surface area contributed by atoms with Gasteiger partial charge >= 0.3 is 6.09 Å². The van der Waals surface area contributed by atoms with Gasteiger partial charge in [-0.15, -0.1) is 0 Å². The zero-order valence-electron chi connectivity index (χ0n) is 21.5. The summed E-state index contributed by atoms with van der Waals surface area (Å²) in [5.41, 5.74) is 2.70. The largest absolute Gasteiger partial charge is 0.491 e. The van der Waals surface area contributed by atoms with Gasteiger partial charge in [-0.05, 0) is 109 Å². The Labute approximate surface area is 191 Å². The smallest absolute Gasteiger partial charge is 0.410 e. The molecule has 4 nitrogen and oxygen atoms in total. The minimum absolute atomic E-state index is 0.160. The summed E-state index contributed by atoms with van der Waals surface area (Å²) in [6, 6.07) is 0. The van der Waals surface area contributed by atoms with E-state index in [0.29, 0.717) is 17.4 Å². The number of amides is 1. The predicted molar refractivity (Wildman–Crippen MR) is 129 cm³/mol. The molecular formula is C27H47NO3. The Morgan fingerprint density at radius 2 is 1.68 bits per heavy atom. The fourth-order valence-corrected chi connectivity index (χ4v) is 4.59. The molecule has 1 spiro atoms. The van der Waals surface area contributed by atoms with Crippen molar-refractivity contribution in [3.05, 3.63) is 23.0 Å². The summed E-state index contributed by atoms with van der Waals surface area (Å²) in [6.45, 7) is 18.6. The molecule has 1 unspecified atom stereocenters. The molecule has 1 heterocycles. The van der Waals surface area contributed by atoms with Crippen molar-refractivity contribution in [1.82, 2.24) is 4.90 Å². The highest BCUT2D eigenvalue weighted by atomic mass is 16.6. The Morgan fingerprint density at radius 1 is 1.10 bits per heavy atom. The molecule has 2 rings (SSSR count). The van der Waals surface area contributed by atoms with Gasteiger partial charge in [0.25, 0.3) is 0 Å². The zero-order valence-corrected chi connectivity index (χ0v) is 21.5. The van der Waals surface area contributed by atoms with Crippen LogP contribution in [-0.4, -0.2) is 35.8 Å². The lowest BCUT2D eigenvalue weighted by atomic mass is 9.67. The molecule has 2 aliphatic rings. The van der Waals surface area contributed by atoms with Crippen LogP contribution in [-0.2, 0) is 9.47 Å². The highest BCUT2D eigenvalue weighted by Crippen LogP contribution is 2.46. The topological polar surface area (TPSA) is 38.8 Å². The minimum Gasteiger partial charge on any atom is -0.491 e. The van der Waals surface area contributed by atoms with Gasteiger partial charge in [-0.25, -0.2) is 4.79 Å². The Hall–Kier alpha value is -1.45. The van der Waals surface area contributed by atoms with Crippen LogP contribution in [0.15, 0.2) is 23.0 Å². The summed E-state index contributed by atoms with van der Waals surface area (Å²) < 4.78 is 12.1. The van der Waals surface area contributed by atoms with Gasteiger partial charge in [-0.2, -0.15) is 0 Å². The summed E-state index contributed by atoms with van der Waals surface area (Å²) in [5.74, 6) is 1.69. The molecule has 0 radical (unpaired) electrons. The molecular weight excluding hydrogens is 386 g/mol. The van der Waals surface area contributed by atoms with Gasteiger partial charge in [0, 0.05) is 13.1 Å². The van der Waals surface area contributed by atoms with Crippen LogP contribution >= 0.6 is 0 Å². The third kappa shape index (κ3) is 7.57. The maximum absolute atomic E-state index is 12.4. The first kappa shape index (κ1) is 25.8. The Morgan fingerprint density at radius 3 is 2.16 bits per heavy atom. The second-order valence-corrected chi connectivity index (χ2v) is 11.0. The van der Waals surface area contributed by atoms with Gasteiger partial charge in [0.1, 0.15) is 11.4 Å². The molecule has 1 aliphatic heterocycles.